The van der Waals surface area contributed by atoms with Crippen LogP contribution in [0.15, 0.2) is 53.3 Å². The summed E-state index contributed by atoms with van der Waals surface area (Å²) in [5.41, 5.74) is -0.534. The van der Waals surface area contributed by atoms with Crippen molar-refractivity contribution in [2.45, 2.75) is 58.7 Å². The average Bonchev–Trinajstić information content (AvgIpc) is 2.76. The lowest BCUT2D eigenvalue weighted by molar-refractivity contribution is -0.149. The summed E-state index contributed by atoms with van der Waals surface area (Å²) in [6, 6.07) is 4.89. The van der Waals surface area contributed by atoms with Gasteiger partial charge in [-0.15, -0.1) is 0 Å². The Morgan fingerprint density at radius 1 is 1.20 bits per heavy atom. The zero-order valence-electron chi connectivity index (χ0n) is 20.4. The van der Waals surface area contributed by atoms with E-state index in [9.17, 15) is 22.8 Å². The molecule has 6 nitrogen and oxygen atoms in total. The van der Waals surface area contributed by atoms with Gasteiger partial charge in [-0.05, 0) is 63.0 Å². The predicted octanol–water partition coefficient (Wildman–Crippen LogP) is 5.60. The molecule has 1 unspecified atom stereocenters. The Morgan fingerprint density at radius 3 is 2.49 bits per heavy atom. The first-order valence-corrected chi connectivity index (χ1v) is 11.0. The number of hydrogen-bond donors (Lipinski definition) is 1. The fourth-order valence-electron chi connectivity index (χ4n) is 3.54. The fourth-order valence-corrected chi connectivity index (χ4v) is 3.54. The highest BCUT2D eigenvalue weighted by molar-refractivity contribution is 5.87. The van der Waals surface area contributed by atoms with Crippen molar-refractivity contribution in [2.75, 3.05) is 7.11 Å². The molecule has 1 N–H and O–H groups in total. The lowest BCUT2D eigenvalue weighted by Crippen LogP contribution is -2.50. The van der Waals surface area contributed by atoms with Crippen LogP contribution in [-0.2, 0) is 20.5 Å². The number of nitrogens with zero attached hydrogens (tertiary/aromatic N) is 1. The molecule has 0 aliphatic heterocycles. The lowest BCUT2D eigenvalue weighted by atomic mass is 9.92. The first-order valence-electron chi connectivity index (χ1n) is 11.0. The van der Waals surface area contributed by atoms with Gasteiger partial charge in [-0.3, -0.25) is 4.79 Å². The summed E-state index contributed by atoms with van der Waals surface area (Å²) in [5.74, 6) is -1.19. The highest BCUT2D eigenvalue weighted by Gasteiger charge is 2.35. The van der Waals surface area contributed by atoms with E-state index in [0.29, 0.717) is 18.6 Å². The number of ether oxygens (including phenoxy) is 2. The van der Waals surface area contributed by atoms with Crippen LogP contribution in [0.3, 0.4) is 0 Å². The highest BCUT2D eigenvalue weighted by atomic mass is 19.4. The third-order valence-corrected chi connectivity index (χ3v) is 5.50. The largest absolute Gasteiger partial charge is 0.467 e. The maximum absolute atomic E-state index is 13.5. The highest BCUT2D eigenvalue weighted by Crippen LogP contribution is 2.38. The molecule has 1 aliphatic carbocycles. The molecule has 0 spiro atoms. The van der Waals surface area contributed by atoms with Crippen molar-refractivity contribution in [1.82, 2.24) is 5.32 Å². The van der Waals surface area contributed by atoms with E-state index in [4.69, 9.17) is 14.7 Å². The number of nitriles is 1. The van der Waals surface area contributed by atoms with Gasteiger partial charge >= 0.3 is 12.1 Å². The Balaban J connectivity index is 2.26. The number of nitrogens with one attached hydrogen (secondary N) is 1. The van der Waals surface area contributed by atoms with Crippen molar-refractivity contribution in [1.29, 1.82) is 5.26 Å². The number of esters is 1. The molecule has 1 amide bonds. The summed E-state index contributed by atoms with van der Waals surface area (Å²) in [4.78, 5) is 24.3. The monoisotopic (exact) mass is 490 g/mol. The van der Waals surface area contributed by atoms with E-state index >= 15 is 0 Å². The van der Waals surface area contributed by atoms with Gasteiger partial charge in [0.05, 0.1) is 24.3 Å². The molecule has 1 aromatic carbocycles. The van der Waals surface area contributed by atoms with E-state index in [-0.39, 0.29) is 29.6 Å². The maximum atomic E-state index is 13.5. The van der Waals surface area contributed by atoms with Crippen molar-refractivity contribution in [2.24, 2.45) is 5.92 Å². The van der Waals surface area contributed by atoms with Crippen LogP contribution in [0.4, 0.5) is 13.2 Å². The maximum Gasteiger partial charge on any atom is 0.420 e. The van der Waals surface area contributed by atoms with Gasteiger partial charge in [0.1, 0.15) is 17.0 Å². The summed E-state index contributed by atoms with van der Waals surface area (Å²) in [5, 5.41) is 11.6. The van der Waals surface area contributed by atoms with Crippen molar-refractivity contribution in [3.63, 3.8) is 0 Å². The molecule has 35 heavy (non-hydrogen) atoms. The van der Waals surface area contributed by atoms with Crippen LogP contribution in [0.1, 0.15) is 58.1 Å². The number of carbonyl (C=O) groups is 2. The van der Waals surface area contributed by atoms with Crippen molar-refractivity contribution < 1.29 is 32.2 Å². The first-order chi connectivity index (χ1) is 16.3. The van der Waals surface area contributed by atoms with Crippen LogP contribution in [0.5, 0.6) is 5.75 Å². The molecule has 9 heteroatoms. The molecular weight excluding hydrogens is 461 g/mol. The minimum atomic E-state index is -4.68. The molecule has 1 aromatic rings. The second-order valence-corrected chi connectivity index (χ2v) is 8.98. The van der Waals surface area contributed by atoms with E-state index in [0.717, 1.165) is 23.3 Å². The van der Waals surface area contributed by atoms with Crippen LogP contribution >= 0.6 is 0 Å². The van der Waals surface area contributed by atoms with E-state index in [1.165, 1.54) is 13.2 Å². The van der Waals surface area contributed by atoms with Crippen LogP contribution < -0.4 is 10.1 Å². The predicted molar refractivity (Wildman–Crippen MR) is 124 cm³/mol. The quantitative estimate of drug-likeness (QED) is 0.503. The molecule has 0 heterocycles. The topological polar surface area (TPSA) is 88.4 Å². The number of benzene rings is 1. The summed E-state index contributed by atoms with van der Waals surface area (Å²) in [6.45, 7) is 6.84. The molecule has 0 saturated heterocycles. The van der Waals surface area contributed by atoms with Gasteiger partial charge in [-0.25, -0.2) is 4.79 Å². The molecule has 1 atom stereocenters. The third kappa shape index (κ3) is 7.74. The van der Waals surface area contributed by atoms with E-state index in [1.807, 2.05) is 19.9 Å². The van der Waals surface area contributed by atoms with Crippen LogP contribution in [0, 0.1) is 17.2 Å². The van der Waals surface area contributed by atoms with Gasteiger partial charge in [0.2, 0.25) is 5.91 Å². The molecule has 2 rings (SSSR count). The Hall–Kier alpha value is -3.54. The first kappa shape index (κ1) is 27.7. The number of methoxy groups -OCH3 is 1. The van der Waals surface area contributed by atoms with Gasteiger partial charge in [-0.2, -0.15) is 18.4 Å². The lowest BCUT2D eigenvalue weighted by Gasteiger charge is -2.24. The van der Waals surface area contributed by atoms with Gasteiger partial charge in [0.15, 0.2) is 0 Å². The van der Waals surface area contributed by atoms with Crippen LogP contribution in [-0.4, -0.2) is 24.5 Å². The van der Waals surface area contributed by atoms with Gasteiger partial charge < -0.3 is 14.8 Å². The van der Waals surface area contributed by atoms with E-state index in [2.05, 4.69) is 5.32 Å². The van der Waals surface area contributed by atoms with Crippen molar-refractivity contribution >= 4 is 11.9 Å². The minimum absolute atomic E-state index is 0.0912. The second-order valence-electron chi connectivity index (χ2n) is 8.98. The summed E-state index contributed by atoms with van der Waals surface area (Å²) in [7, 11) is 1.24. The number of amides is 1. The van der Waals surface area contributed by atoms with E-state index in [1.54, 1.807) is 32.1 Å². The summed E-state index contributed by atoms with van der Waals surface area (Å²) >= 11 is 0. The number of alkyl halides is 3. The molecule has 0 fully saturated rings. The van der Waals surface area contributed by atoms with Gasteiger partial charge in [0, 0.05) is 12.8 Å². The van der Waals surface area contributed by atoms with E-state index < -0.39 is 23.2 Å². The zero-order valence-corrected chi connectivity index (χ0v) is 20.4. The van der Waals surface area contributed by atoms with Crippen molar-refractivity contribution in [3.05, 3.63) is 64.5 Å². The molecule has 0 bridgehead atoms. The number of allylic oxidation sites excluding steroid dienone is 6. The van der Waals surface area contributed by atoms with Crippen molar-refractivity contribution in [3.8, 4) is 11.8 Å². The Morgan fingerprint density at radius 2 is 1.89 bits per heavy atom. The Kier molecular flexibility index (Phi) is 8.91. The Labute approximate surface area is 203 Å². The SMILES string of the molecule is COC(=O)C(C)(C)NC(=O)CC(C)C1=CC=C(Oc2ccc(C#N)cc2C(F)(F)F)CCC(C)=C1. The standard InChI is InChI=1S/C26H29F3N2O4/c1-16-6-9-20(35-22-11-7-18(15-30)14-21(22)26(27,28)29)10-8-19(12-16)17(2)13-23(32)31-25(3,4)24(33)34-5/h7-8,10-12,14,17H,6,9,13H2,1-5H3,(H,31,32). The molecule has 188 valence electrons. The molecule has 0 saturated carbocycles. The number of halogens is 3. The Bertz CT molecular complexity index is 1110. The minimum Gasteiger partial charge on any atom is -0.467 e. The smallest absolute Gasteiger partial charge is 0.420 e. The second kappa shape index (κ2) is 11.3. The summed E-state index contributed by atoms with van der Waals surface area (Å²) in [6.07, 6.45) is 1.61. The molecular formula is C26H29F3N2O4. The van der Waals surface area contributed by atoms with Gasteiger partial charge in [0.25, 0.3) is 0 Å². The zero-order chi connectivity index (χ0) is 26.4. The van der Waals surface area contributed by atoms with Crippen LogP contribution in [0.2, 0.25) is 0 Å². The third-order valence-electron chi connectivity index (χ3n) is 5.50. The van der Waals surface area contributed by atoms with Crippen LogP contribution in [0.25, 0.3) is 0 Å². The molecule has 1 aliphatic rings. The number of rotatable bonds is 7. The number of carbonyl (C=O) groups excluding carboxylic acids is 2. The average molecular weight is 491 g/mol. The molecule has 0 radical (unpaired) electrons. The fraction of sp³-hybridized carbons (Fsp3) is 0.423. The van der Waals surface area contributed by atoms with Gasteiger partial charge in [-0.1, -0.05) is 24.6 Å². The summed E-state index contributed by atoms with van der Waals surface area (Å²) < 4.78 is 50.9. The normalized spacial score (nSPS) is 15.3. The number of hydrogen-bond acceptors (Lipinski definition) is 5. The molecule has 0 aromatic heterocycles.